The molecule has 2 aliphatic rings. The molecule has 2 bridgehead atoms. The molecule has 0 aliphatic heterocycles. The predicted octanol–water partition coefficient (Wildman–Crippen LogP) is 1.92. The molecule has 1 fully saturated rings. The monoisotopic (exact) mass is 404 g/mol. The topological polar surface area (TPSA) is 93.1 Å². The van der Waals surface area contributed by atoms with Crippen LogP contribution in [0.1, 0.15) is 31.7 Å². The van der Waals surface area contributed by atoms with E-state index >= 15 is 0 Å². The van der Waals surface area contributed by atoms with Gasteiger partial charge in [-0.2, -0.15) is 12.1 Å². The summed E-state index contributed by atoms with van der Waals surface area (Å²) < 4.78 is 10.7. The number of aliphatic carboxylic acids is 1. The first kappa shape index (κ1) is 20.5. The van der Waals surface area contributed by atoms with Gasteiger partial charge < -0.3 is 19.7 Å². The zero-order chi connectivity index (χ0) is 18.4. The van der Waals surface area contributed by atoms with Crippen molar-refractivity contribution in [1.82, 2.24) is 0 Å². The van der Waals surface area contributed by atoms with Gasteiger partial charge in [-0.05, 0) is 19.3 Å². The molecule has 2 aliphatic carbocycles. The minimum atomic E-state index is -1.41. The van der Waals surface area contributed by atoms with E-state index in [9.17, 15) is 19.8 Å². The van der Waals surface area contributed by atoms with E-state index in [1.54, 1.807) is 31.2 Å². The van der Waals surface area contributed by atoms with Crippen LogP contribution >= 0.6 is 0 Å². The predicted molar refractivity (Wildman–Crippen MR) is 88.1 cm³/mol. The Bertz CT molecular complexity index is 745. The number of aliphatic hydroxyl groups excluding tert-OH is 1. The first-order valence-corrected chi connectivity index (χ1v) is 8.15. The summed E-state index contributed by atoms with van der Waals surface area (Å²) in [5, 5.41) is 20.6. The van der Waals surface area contributed by atoms with E-state index in [0.29, 0.717) is 17.7 Å². The molecule has 5 unspecified atom stereocenters. The summed E-state index contributed by atoms with van der Waals surface area (Å²) in [6.45, 7) is 2.93. The number of ether oxygens (including phenoxy) is 2. The van der Waals surface area contributed by atoms with Crippen molar-refractivity contribution < 1.29 is 46.1 Å². The largest absolute Gasteiger partial charge is 0.554 e. The van der Waals surface area contributed by atoms with Crippen molar-refractivity contribution in [3.63, 3.8) is 0 Å². The van der Waals surface area contributed by atoms with E-state index < -0.39 is 41.4 Å². The van der Waals surface area contributed by atoms with E-state index in [-0.39, 0.29) is 16.8 Å². The molecule has 3 rings (SSSR count). The minimum absolute atomic E-state index is 0. The number of carbonyl (C=O) groups is 2. The Hall–Kier alpha value is -1.83. The fourth-order valence-corrected chi connectivity index (χ4v) is 4.44. The van der Waals surface area contributed by atoms with E-state index in [1.165, 1.54) is 14.0 Å². The van der Waals surface area contributed by atoms with Crippen LogP contribution in [-0.2, 0) is 31.1 Å². The van der Waals surface area contributed by atoms with Crippen molar-refractivity contribution in [2.24, 2.45) is 11.3 Å². The Morgan fingerprint density at radius 1 is 1.35 bits per heavy atom. The van der Waals surface area contributed by atoms with Gasteiger partial charge in [-0.1, -0.05) is 11.6 Å². The molecule has 1 aromatic carbocycles. The number of rotatable bonds is 4. The smallest absolute Gasteiger partial charge is 0.317 e. The van der Waals surface area contributed by atoms with Crippen LogP contribution in [0.15, 0.2) is 29.8 Å². The van der Waals surface area contributed by atoms with Crippen molar-refractivity contribution in [2.75, 3.05) is 7.11 Å². The molecular formula is C19H21CoO6-. The van der Waals surface area contributed by atoms with Gasteiger partial charge in [0.2, 0.25) is 0 Å². The van der Waals surface area contributed by atoms with Crippen LogP contribution in [0, 0.1) is 17.4 Å². The molecule has 7 heteroatoms. The van der Waals surface area contributed by atoms with Crippen molar-refractivity contribution >= 4 is 11.9 Å². The maximum Gasteiger partial charge on any atom is 0.317 e. The van der Waals surface area contributed by atoms with Gasteiger partial charge in [0.1, 0.15) is 11.5 Å². The number of carbonyl (C=O) groups excluding carboxylic acids is 1. The Balaban J connectivity index is 0.00000243. The number of carboxylic acid groups (broad SMARTS) is 1. The Labute approximate surface area is 162 Å². The fraction of sp³-hybridized carbons (Fsp3) is 0.474. The third kappa shape index (κ3) is 2.94. The first-order valence-electron chi connectivity index (χ1n) is 8.15. The molecule has 1 aromatic rings. The standard InChI is InChI=1S/C19H21O6.Co/c1-10-7-16(21)14-9-15(12-5-4-6-13(8-12)24-3)19(10,18(22)23)17(14)25-11(2)20;/h5-8,14-17,21H,9H2,1-3H3,(H,22,23);/q-1;. The van der Waals surface area contributed by atoms with E-state index in [2.05, 4.69) is 6.07 Å². The van der Waals surface area contributed by atoms with Crippen molar-refractivity contribution in [1.29, 1.82) is 0 Å². The van der Waals surface area contributed by atoms with Crippen LogP contribution in [0.25, 0.3) is 0 Å². The average molecular weight is 404 g/mol. The van der Waals surface area contributed by atoms with Gasteiger partial charge in [0, 0.05) is 35.4 Å². The maximum atomic E-state index is 12.4. The van der Waals surface area contributed by atoms with Gasteiger partial charge in [0.25, 0.3) is 0 Å². The first-order chi connectivity index (χ1) is 11.8. The molecule has 6 nitrogen and oxygen atoms in total. The van der Waals surface area contributed by atoms with Crippen LogP contribution < -0.4 is 4.74 Å². The van der Waals surface area contributed by atoms with Crippen LogP contribution in [0.2, 0.25) is 0 Å². The summed E-state index contributed by atoms with van der Waals surface area (Å²) in [6.07, 6.45) is 0.193. The molecule has 1 saturated carbocycles. The minimum Gasteiger partial charge on any atom is -0.554 e. The van der Waals surface area contributed by atoms with Gasteiger partial charge in [-0.15, -0.1) is 17.7 Å². The third-order valence-corrected chi connectivity index (χ3v) is 5.48. The summed E-state index contributed by atoms with van der Waals surface area (Å²) >= 11 is 0. The zero-order valence-corrected chi connectivity index (χ0v) is 15.7. The molecule has 0 amide bonds. The molecule has 0 aromatic heterocycles. The second kappa shape index (κ2) is 7.42. The van der Waals surface area contributed by atoms with E-state index in [4.69, 9.17) is 9.47 Å². The second-order valence-corrected chi connectivity index (χ2v) is 6.70. The number of hydrogen-bond acceptors (Lipinski definition) is 5. The quantitative estimate of drug-likeness (QED) is 0.453. The van der Waals surface area contributed by atoms with Gasteiger partial charge in [-0.25, -0.2) is 0 Å². The average Bonchev–Trinajstić information content (AvgIpc) is 2.83. The summed E-state index contributed by atoms with van der Waals surface area (Å²) in [5.41, 5.74) is -0.168. The van der Waals surface area contributed by atoms with Crippen LogP contribution in [0.4, 0.5) is 0 Å². The molecule has 2 N–H and O–H groups in total. The molecule has 26 heavy (non-hydrogen) atoms. The molecular weight excluding hydrogens is 383 g/mol. The molecule has 1 radical (unpaired) electrons. The maximum absolute atomic E-state index is 12.4. The molecule has 0 saturated heterocycles. The number of fused-ring (bicyclic) bond motifs is 2. The molecule has 5 atom stereocenters. The summed E-state index contributed by atoms with van der Waals surface area (Å²) in [4.78, 5) is 24.0. The summed E-state index contributed by atoms with van der Waals surface area (Å²) in [7, 11) is 1.53. The van der Waals surface area contributed by atoms with Crippen LogP contribution in [0.3, 0.4) is 0 Å². The number of methoxy groups -OCH3 is 1. The normalized spacial score (nSPS) is 32.2. The van der Waals surface area contributed by atoms with Crippen LogP contribution in [-0.4, -0.2) is 41.5 Å². The van der Waals surface area contributed by atoms with E-state index in [1.807, 2.05) is 0 Å². The number of esters is 1. The summed E-state index contributed by atoms with van der Waals surface area (Å²) in [5.74, 6) is -1.97. The Kier molecular flexibility index (Phi) is 5.84. The Morgan fingerprint density at radius 3 is 2.62 bits per heavy atom. The molecule has 0 heterocycles. The number of aliphatic hydroxyl groups is 1. The third-order valence-electron chi connectivity index (χ3n) is 5.48. The van der Waals surface area contributed by atoms with Gasteiger partial charge in [0.15, 0.2) is 0 Å². The number of hydrogen-bond donors (Lipinski definition) is 2. The van der Waals surface area contributed by atoms with Gasteiger partial charge in [-0.3, -0.25) is 9.59 Å². The molecule has 143 valence electrons. The Morgan fingerprint density at radius 2 is 2.04 bits per heavy atom. The van der Waals surface area contributed by atoms with Crippen molar-refractivity contribution in [2.45, 2.75) is 38.4 Å². The zero-order valence-electron chi connectivity index (χ0n) is 14.7. The number of benzene rings is 1. The fourth-order valence-electron chi connectivity index (χ4n) is 4.44. The number of carboxylic acids is 1. The second-order valence-electron chi connectivity index (χ2n) is 6.70. The van der Waals surface area contributed by atoms with Gasteiger partial charge in [0.05, 0.1) is 13.2 Å². The van der Waals surface area contributed by atoms with E-state index in [0.717, 1.165) is 5.56 Å². The van der Waals surface area contributed by atoms with Crippen molar-refractivity contribution in [3.05, 3.63) is 41.5 Å². The SMILES string of the molecule is COc1c[c-]cc(C2CC3C(O)C=C(C)C2(C(=O)O)C3OC(C)=O)c1.[Co]. The van der Waals surface area contributed by atoms with Crippen molar-refractivity contribution in [3.8, 4) is 5.75 Å². The summed E-state index contributed by atoms with van der Waals surface area (Å²) in [6, 6.07) is 8.13. The van der Waals surface area contributed by atoms with Gasteiger partial charge >= 0.3 is 11.9 Å². The molecule has 0 spiro atoms. The van der Waals surface area contributed by atoms with Crippen LogP contribution in [0.5, 0.6) is 5.75 Å².